The Hall–Kier alpha value is -4.74. The molecule has 2 aliphatic carbocycles. The van der Waals surface area contributed by atoms with E-state index in [9.17, 15) is 53.3 Å². The fourth-order valence-corrected chi connectivity index (χ4v) is 8.05. The summed E-state index contributed by atoms with van der Waals surface area (Å²) in [5.74, 6) is -2.66. The Labute approximate surface area is 442 Å². The number of nitrogen functional groups attached to an aromatic ring is 2. The van der Waals surface area contributed by atoms with Crippen LogP contribution in [0.3, 0.4) is 0 Å². The second-order valence-corrected chi connectivity index (χ2v) is 17.3. The molecule has 21 nitrogen and oxygen atoms in total. The first-order valence-electron chi connectivity index (χ1n) is 17.6. The summed E-state index contributed by atoms with van der Waals surface area (Å²) in [4.78, 5) is 36.8. The second-order valence-electron chi connectivity index (χ2n) is 13.3. The Balaban J connectivity index is 0.00000317. The van der Waals surface area contributed by atoms with E-state index in [1.54, 1.807) is 18.2 Å². The van der Waals surface area contributed by atoms with E-state index in [1.165, 1.54) is 78.9 Å². The third-order valence-electron chi connectivity index (χ3n) is 9.07. The number of azo groups is 1. The summed E-state index contributed by atoms with van der Waals surface area (Å²) < 4.78 is 109. The number of hydrazone groups is 2. The minimum absolute atomic E-state index is 0. The molecule has 0 atom stereocenters. The predicted molar refractivity (Wildman–Crippen MR) is 227 cm³/mol. The van der Waals surface area contributed by atoms with Crippen molar-refractivity contribution in [1.29, 1.82) is 0 Å². The standard InChI is InChI=1S/C39H29N9O12S3.3Na/c40-23-9-6-21-16-30(62(55,56)57)35(37(49)28(21)19-23)47-45-27-14-12-24(13-15-27)42-39(51)20-7-10-26(11-8-20)44-46-34-29(61(52,53)54)17-22-18-31(63(58,59)60)36(38(50)32(22)33(34)41)48-43-25-4-2-1-3-5-25;;;/h1-19,43,45H,40-41H2,(H,42,51)(H,52,53,54)(H,55,56,57)(H,58,59,60);;;/q;3*+1/p-3/b46-44?,47-35-,48-36+;;;. The van der Waals surface area contributed by atoms with Crippen LogP contribution in [0.2, 0.25) is 0 Å². The number of hydrogen-bond acceptors (Lipinski definition) is 20. The number of amides is 1. The molecule has 7 rings (SSSR count). The molecule has 320 valence electrons. The van der Waals surface area contributed by atoms with Gasteiger partial charge in [0.05, 0.1) is 43.0 Å². The molecular weight excluding hydrogens is 952 g/mol. The number of allylic oxidation sites excluding steroid dienone is 2. The second kappa shape index (κ2) is 21.5. The van der Waals surface area contributed by atoms with Gasteiger partial charge in [-0.2, -0.15) is 15.3 Å². The van der Waals surface area contributed by atoms with Crippen molar-refractivity contribution in [2.45, 2.75) is 4.90 Å². The third kappa shape index (κ3) is 12.0. The molecule has 0 aliphatic heterocycles. The number of nitrogens with zero attached hydrogens (tertiary/aromatic N) is 4. The summed E-state index contributed by atoms with van der Waals surface area (Å²) in [7, 11) is -15.9. The van der Waals surface area contributed by atoms with Crippen molar-refractivity contribution in [1.82, 2.24) is 0 Å². The van der Waals surface area contributed by atoms with Gasteiger partial charge in [-0.25, -0.2) is 25.3 Å². The summed E-state index contributed by atoms with van der Waals surface area (Å²) in [5.41, 5.74) is 14.4. The van der Waals surface area contributed by atoms with Crippen LogP contribution in [0.1, 0.15) is 42.2 Å². The largest absolute Gasteiger partial charge is 1.00 e. The molecule has 0 fully saturated rings. The first-order valence-corrected chi connectivity index (χ1v) is 21.8. The molecule has 5 aromatic carbocycles. The molecule has 0 unspecified atom stereocenters. The normalized spacial score (nSPS) is 14.7. The van der Waals surface area contributed by atoms with E-state index in [-0.39, 0.29) is 128 Å². The third-order valence-corrected chi connectivity index (χ3v) is 11.6. The molecule has 0 spiro atoms. The molecule has 5 aromatic rings. The first-order chi connectivity index (χ1) is 29.7. The van der Waals surface area contributed by atoms with Gasteiger partial charge in [-0.3, -0.25) is 25.2 Å². The number of carbonyl (C=O) groups excluding carboxylic acids is 3. The number of nitrogens with two attached hydrogens (primary N) is 2. The maximum atomic E-state index is 13.7. The predicted octanol–water partition coefficient (Wildman–Crippen LogP) is -4.46. The summed E-state index contributed by atoms with van der Waals surface area (Å²) in [5, 5.41) is 18.1. The first kappa shape index (κ1) is 53.9. The van der Waals surface area contributed by atoms with Crippen molar-refractivity contribution in [3.63, 3.8) is 0 Å². The molecule has 0 saturated carbocycles. The topological polar surface area (TPSA) is 360 Å². The quantitative estimate of drug-likeness (QED) is 0.0274. The van der Waals surface area contributed by atoms with Crippen LogP contribution in [0, 0.1) is 0 Å². The molecular formula is C39H26N9Na3O12S3. The molecule has 0 bridgehead atoms. The van der Waals surface area contributed by atoms with Crippen LogP contribution < -0.4 is 116 Å². The Morgan fingerprint density at radius 2 is 1.11 bits per heavy atom. The number of fused-ring (bicyclic) bond motifs is 2. The van der Waals surface area contributed by atoms with E-state index in [1.807, 2.05) is 0 Å². The SMILES string of the molecule is Nc1ccc2c(c1)C(=O)/C(=N\Nc1ccc(NC(=O)c3ccc(N=Nc4c(S(=O)(=O)[O-])cc5c(c4N)C(=O)/C(=N/Nc4ccccc4)C(S(=O)(=O)[O-])=C5)cc3)cc1)C(S(=O)(=O)[O-])=C2.[Na+].[Na+].[Na+]. The van der Waals surface area contributed by atoms with Gasteiger partial charge in [0.1, 0.15) is 47.5 Å². The molecule has 0 heterocycles. The fraction of sp³-hybridized carbons (Fsp3) is 0. The van der Waals surface area contributed by atoms with Crippen molar-refractivity contribution < 1.29 is 142 Å². The number of benzene rings is 5. The molecule has 0 saturated heterocycles. The van der Waals surface area contributed by atoms with E-state index in [0.717, 1.165) is 6.08 Å². The molecule has 1 amide bonds. The molecule has 7 N–H and O–H groups in total. The Morgan fingerprint density at radius 1 is 0.576 bits per heavy atom. The zero-order valence-electron chi connectivity index (χ0n) is 34.5. The number of rotatable bonds is 11. The molecule has 66 heavy (non-hydrogen) atoms. The Bertz CT molecular complexity index is 3300. The van der Waals surface area contributed by atoms with E-state index in [2.05, 4.69) is 36.6 Å². The molecule has 0 aromatic heterocycles. The fourth-order valence-electron chi connectivity index (χ4n) is 6.10. The number of Topliss-reactive ketones (excluding diaryl/α,β-unsaturated/α-hetero) is 2. The summed E-state index contributed by atoms with van der Waals surface area (Å²) in [6.45, 7) is 0. The Kier molecular flexibility index (Phi) is 17.5. The monoisotopic (exact) mass is 977 g/mol. The minimum atomic E-state index is -5.41. The van der Waals surface area contributed by atoms with Crippen molar-refractivity contribution in [3.8, 4) is 0 Å². The van der Waals surface area contributed by atoms with Crippen LogP contribution >= 0.6 is 0 Å². The van der Waals surface area contributed by atoms with Gasteiger partial charge in [0.2, 0.25) is 11.6 Å². The van der Waals surface area contributed by atoms with Gasteiger partial charge in [0.25, 0.3) is 5.91 Å². The van der Waals surface area contributed by atoms with Crippen LogP contribution in [0.25, 0.3) is 12.2 Å². The zero-order valence-corrected chi connectivity index (χ0v) is 43.0. The number of anilines is 5. The van der Waals surface area contributed by atoms with Gasteiger partial charge < -0.3 is 30.4 Å². The van der Waals surface area contributed by atoms with E-state index in [0.29, 0.717) is 17.8 Å². The summed E-state index contributed by atoms with van der Waals surface area (Å²) in [6.07, 6.45) is 1.69. The molecule has 27 heteroatoms. The van der Waals surface area contributed by atoms with Crippen LogP contribution in [0.15, 0.2) is 138 Å². The van der Waals surface area contributed by atoms with Crippen LogP contribution in [0.4, 0.5) is 39.8 Å². The number of ketones is 2. The maximum absolute atomic E-state index is 13.7. The van der Waals surface area contributed by atoms with Gasteiger partial charge in [0, 0.05) is 22.5 Å². The van der Waals surface area contributed by atoms with Gasteiger partial charge in [-0.05, 0) is 102 Å². The number of carbonyl (C=O) groups is 3. The van der Waals surface area contributed by atoms with E-state index < -0.39 is 96.5 Å². The van der Waals surface area contributed by atoms with Crippen LogP contribution in [-0.2, 0) is 30.4 Å². The molecule has 2 aliphatic rings. The van der Waals surface area contributed by atoms with Crippen molar-refractivity contribution in [3.05, 3.63) is 141 Å². The number of hydrogen-bond donors (Lipinski definition) is 5. The minimum Gasteiger partial charge on any atom is -0.744 e. The average molecular weight is 978 g/mol. The number of nitrogens with one attached hydrogen (secondary N) is 3. The van der Waals surface area contributed by atoms with Crippen molar-refractivity contribution >= 4 is 111 Å². The van der Waals surface area contributed by atoms with Crippen molar-refractivity contribution in [2.24, 2.45) is 20.4 Å². The molecule has 0 radical (unpaired) electrons. The van der Waals surface area contributed by atoms with Crippen molar-refractivity contribution in [2.75, 3.05) is 27.6 Å². The van der Waals surface area contributed by atoms with E-state index in [4.69, 9.17) is 11.5 Å². The summed E-state index contributed by atoms with van der Waals surface area (Å²) >= 11 is 0. The van der Waals surface area contributed by atoms with Gasteiger partial charge in [-0.15, -0.1) is 5.11 Å². The van der Waals surface area contributed by atoms with Gasteiger partial charge >= 0.3 is 88.7 Å². The summed E-state index contributed by atoms with van der Waals surface area (Å²) in [6, 6.07) is 23.8. The van der Waals surface area contributed by atoms with Gasteiger partial charge in [-0.1, -0.05) is 24.3 Å². The van der Waals surface area contributed by atoms with Gasteiger partial charge in [0.15, 0.2) is 0 Å². The average Bonchev–Trinajstić information content (AvgIpc) is 3.22. The Morgan fingerprint density at radius 3 is 1.67 bits per heavy atom. The van der Waals surface area contributed by atoms with Crippen LogP contribution in [-0.4, -0.2) is 67.8 Å². The maximum Gasteiger partial charge on any atom is 1.00 e. The number of para-hydroxylation sites is 1. The van der Waals surface area contributed by atoms with E-state index >= 15 is 0 Å². The smallest absolute Gasteiger partial charge is 0.744 e. The zero-order chi connectivity index (χ0) is 45.4. The van der Waals surface area contributed by atoms with Crippen LogP contribution in [0.5, 0.6) is 0 Å².